The van der Waals surface area contributed by atoms with Crippen LogP contribution in [0.2, 0.25) is 0 Å². The molecule has 2 heteroatoms. The average molecular weight is 200 g/mol. The van der Waals surface area contributed by atoms with E-state index < -0.39 is 0 Å². The van der Waals surface area contributed by atoms with E-state index in [2.05, 4.69) is 13.8 Å². The summed E-state index contributed by atoms with van der Waals surface area (Å²) in [7, 11) is 0. The molecule has 0 aromatic heterocycles. The van der Waals surface area contributed by atoms with Crippen molar-refractivity contribution in [2.75, 3.05) is 13.2 Å². The van der Waals surface area contributed by atoms with Crippen LogP contribution in [0.25, 0.3) is 0 Å². The topological polar surface area (TPSA) is 18.5 Å². The van der Waals surface area contributed by atoms with E-state index in [9.17, 15) is 0 Å². The minimum absolute atomic E-state index is 0.0778. The molecule has 14 heavy (non-hydrogen) atoms. The van der Waals surface area contributed by atoms with Crippen molar-refractivity contribution < 1.29 is 9.47 Å². The molecule has 1 unspecified atom stereocenters. The predicted molar refractivity (Wildman–Crippen MR) is 58.2 cm³/mol. The fourth-order valence-electron chi connectivity index (χ4n) is 1.99. The maximum atomic E-state index is 5.66. The van der Waals surface area contributed by atoms with E-state index in [1.807, 2.05) is 0 Å². The molecular formula is C12H24O2. The normalized spacial score (nSPS) is 21.9. The van der Waals surface area contributed by atoms with Crippen LogP contribution >= 0.6 is 0 Å². The van der Waals surface area contributed by atoms with Gasteiger partial charge in [0.2, 0.25) is 0 Å². The van der Waals surface area contributed by atoms with Crippen LogP contribution in [0, 0.1) is 5.92 Å². The Morgan fingerprint density at radius 3 is 2.29 bits per heavy atom. The largest absolute Gasteiger partial charge is 0.353 e. The molecule has 0 aliphatic carbocycles. The number of ether oxygens (including phenoxy) is 2. The average Bonchev–Trinajstić information content (AvgIpc) is 2.45. The zero-order valence-electron chi connectivity index (χ0n) is 9.63. The van der Waals surface area contributed by atoms with Crippen LogP contribution in [0.15, 0.2) is 0 Å². The van der Waals surface area contributed by atoms with E-state index >= 15 is 0 Å². The Hall–Kier alpha value is -0.0800. The molecule has 2 nitrogen and oxygen atoms in total. The first-order valence-electron chi connectivity index (χ1n) is 6.10. The SMILES string of the molecule is CCCC(CC)CC1OCCCCO1. The summed E-state index contributed by atoms with van der Waals surface area (Å²) in [5.41, 5.74) is 0. The maximum Gasteiger partial charge on any atom is 0.157 e. The molecule has 84 valence electrons. The van der Waals surface area contributed by atoms with Crippen molar-refractivity contribution in [2.45, 2.75) is 58.7 Å². The van der Waals surface area contributed by atoms with Gasteiger partial charge in [0.25, 0.3) is 0 Å². The lowest BCUT2D eigenvalue weighted by Crippen LogP contribution is -2.19. The molecule has 1 aliphatic heterocycles. The van der Waals surface area contributed by atoms with Gasteiger partial charge in [0.1, 0.15) is 0 Å². The molecule has 0 bridgehead atoms. The first-order valence-corrected chi connectivity index (χ1v) is 6.10. The fraction of sp³-hybridized carbons (Fsp3) is 1.00. The zero-order valence-corrected chi connectivity index (χ0v) is 9.63. The second-order valence-electron chi connectivity index (χ2n) is 4.18. The molecule has 0 amide bonds. The lowest BCUT2D eigenvalue weighted by molar-refractivity contribution is -0.137. The molecule has 1 saturated heterocycles. The van der Waals surface area contributed by atoms with Crippen molar-refractivity contribution in [3.05, 3.63) is 0 Å². The Bertz CT molecular complexity index is 128. The van der Waals surface area contributed by atoms with Gasteiger partial charge in [-0.25, -0.2) is 0 Å². The Balaban J connectivity index is 2.24. The number of rotatable bonds is 5. The van der Waals surface area contributed by atoms with Gasteiger partial charge < -0.3 is 9.47 Å². The summed E-state index contributed by atoms with van der Waals surface area (Å²) in [6.07, 6.45) is 7.29. The first kappa shape index (κ1) is 12.0. The predicted octanol–water partition coefficient (Wildman–Crippen LogP) is 3.36. The highest BCUT2D eigenvalue weighted by Crippen LogP contribution is 2.21. The molecule has 1 rings (SSSR count). The van der Waals surface area contributed by atoms with E-state index in [0.29, 0.717) is 0 Å². The van der Waals surface area contributed by atoms with E-state index in [-0.39, 0.29) is 6.29 Å². The van der Waals surface area contributed by atoms with E-state index in [1.54, 1.807) is 0 Å². The van der Waals surface area contributed by atoms with Crippen molar-refractivity contribution in [3.63, 3.8) is 0 Å². The highest BCUT2D eigenvalue weighted by atomic mass is 16.7. The summed E-state index contributed by atoms with van der Waals surface area (Å²) >= 11 is 0. The third kappa shape index (κ3) is 4.43. The molecule has 0 spiro atoms. The fourth-order valence-corrected chi connectivity index (χ4v) is 1.99. The molecule has 1 atom stereocenters. The Kier molecular flexibility index (Phi) is 6.20. The standard InChI is InChI=1S/C12H24O2/c1-3-7-11(4-2)10-12-13-8-5-6-9-14-12/h11-12H,3-10H2,1-2H3. The van der Waals surface area contributed by atoms with Crippen LogP contribution in [0.5, 0.6) is 0 Å². The molecule has 1 fully saturated rings. The van der Waals surface area contributed by atoms with Gasteiger partial charge in [0, 0.05) is 19.6 Å². The zero-order chi connectivity index (χ0) is 10.2. The lowest BCUT2D eigenvalue weighted by Gasteiger charge is -2.21. The second-order valence-corrected chi connectivity index (χ2v) is 4.18. The molecule has 0 radical (unpaired) electrons. The third-order valence-corrected chi connectivity index (χ3v) is 2.95. The van der Waals surface area contributed by atoms with E-state index in [4.69, 9.17) is 9.47 Å². The van der Waals surface area contributed by atoms with Crippen LogP contribution in [-0.2, 0) is 9.47 Å². The van der Waals surface area contributed by atoms with Crippen LogP contribution in [0.1, 0.15) is 52.4 Å². The maximum absolute atomic E-state index is 5.66. The van der Waals surface area contributed by atoms with Crippen molar-refractivity contribution in [1.82, 2.24) is 0 Å². The van der Waals surface area contributed by atoms with Crippen LogP contribution in [0.3, 0.4) is 0 Å². The molecule has 0 N–H and O–H groups in total. The summed E-state index contributed by atoms with van der Waals surface area (Å²) in [4.78, 5) is 0. The molecular weight excluding hydrogens is 176 g/mol. The Morgan fingerprint density at radius 2 is 1.79 bits per heavy atom. The highest BCUT2D eigenvalue weighted by molar-refractivity contribution is 4.61. The minimum atomic E-state index is 0.0778. The third-order valence-electron chi connectivity index (χ3n) is 2.95. The number of hydrogen-bond acceptors (Lipinski definition) is 2. The smallest absolute Gasteiger partial charge is 0.157 e. The lowest BCUT2D eigenvalue weighted by atomic mass is 9.97. The Morgan fingerprint density at radius 1 is 1.14 bits per heavy atom. The quantitative estimate of drug-likeness (QED) is 0.677. The molecule has 0 aromatic rings. The van der Waals surface area contributed by atoms with Crippen molar-refractivity contribution in [1.29, 1.82) is 0 Å². The van der Waals surface area contributed by atoms with Gasteiger partial charge in [-0.3, -0.25) is 0 Å². The van der Waals surface area contributed by atoms with E-state index in [1.165, 1.54) is 19.3 Å². The van der Waals surface area contributed by atoms with Gasteiger partial charge in [-0.1, -0.05) is 33.1 Å². The minimum Gasteiger partial charge on any atom is -0.353 e. The van der Waals surface area contributed by atoms with Gasteiger partial charge >= 0.3 is 0 Å². The molecule has 1 aliphatic rings. The van der Waals surface area contributed by atoms with Gasteiger partial charge in [0.05, 0.1) is 0 Å². The highest BCUT2D eigenvalue weighted by Gasteiger charge is 2.17. The van der Waals surface area contributed by atoms with Gasteiger partial charge in [-0.2, -0.15) is 0 Å². The van der Waals surface area contributed by atoms with E-state index in [0.717, 1.165) is 38.4 Å². The molecule has 0 aromatic carbocycles. The van der Waals surface area contributed by atoms with Crippen LogP contribution < -0.4 is 0 Å². The number of hydrogen-bond donors (Lipinski definition) is 0. The molecule has 0 saturated carbocycles. The monoisotopic (exact) mass is 200 g/mol. The van der Waals surface area contributed by atoms with Gasteiger partial charge in [-0.05, 0) is 18.8 Å². The summed E-state index contributed by atoms with van der Waals surface area (Å²) in [6, 6.07) is 0. The van der Waals surface area contributed by atoms with Crippen molar-refractivity contribution in [2.24, 2.45) is 5.92 Å². The van der Waals surface area contributed by atoms with Crippen LogP contribution in [-0.4, -0.2) is 19.5 Å². The second kappa shape index (κ2) is 7.24. The van der Waals surface area contributed by atoms with Gasteiger partial charge in [0.15, 0.2) is 6.29 Å². The van der Waals surface area contributed by atoms with Gasteiger partial charge in [-0.15, -0.1) is 0 Å². The summed E-state index contributed by atoms with van der Waals surface area (Å²) < 4.78 is 11.3. The summed E-state index contributed by atoms with van der Waals surface area (Å²) in [5, 5.41) is 0. The molecule has 1 heterocycles. The Labute approximate surface area is 88.0 Å². The van der Waals surface area contributed by atoms with Crippen LogP contribution in [0.4, 0.5) is 0 Å². The first-order chi connectivity index (χ1) is 6.86. The summed E-state index contributed by atoms with van der Waals surface area (Å²) in [6.45, 7) is 6.27. The summed E-state index contributed by atoms with van der Waals surface area (Å²) in [5.74, 6) is 0.781. The van der Waals surface area contributed by atoms with Crippen molar-refractivity contribution in [3.8, 4) is 0 Å². The van der Waals surface area contributed by atoms with Crippen molar-refractivity contribution >= 4 is 0 Å².